The van der Waals surface area contributed by atoms with Crippen LogP contribution in [-0.4, -0.2) is 17.7 Å². The number of anilines is 1. The summed E-state index contributed by atoms with van der Waals surface area (Å²) in [5, 5.41) is -0.427. The Labute approximate surface area is 99.0 Å². The van der Waals surface area contributed by atoms with Crippen molar-refractivity contribution in [3.63, 3.8) is 0 Å². The molecule has 4 heteroatoms. The number of nitrogens with zero attached hydrogens (tertiary/aromatic N) is 1. The number of halogens is 1. The van der Waals surface area contributed by atoms with Gasteiger partial charge in [0.05, 0.1) is 5.92 Å². The predicted molar refractivity (Wildman–Crippen MR) is 62.5 cm³/mol. The van der Waals surface area contributed by atoms with Crippen LogP contribution in [-0.2, 0) is 9.59 Å². The number of benzene rings is 1. The zero-order valence-corrected chi connectivity index (χ0v) is 9.70. The highest BCUT2D eigenvalue weighted by molar-refractivity contribution is 6.64. The molecule has 0 unspecified atom stereocenters. The molecule has 0 bridgehead atoms. The second-order valence-corrected chi connectivity index (χ2v) is 4.42. The maximum absolute atomic E-state index is 11.7. The van der Waals surface area contributed by atoms with Crippen molar-refractivity contribution in [3.05, 3.63) is 29.8 Å². The summed E-state index contributed by atoms with van der Waals surface area (Å²) in [5.74, 6) is -0.403. The van der Waals surface area contributed by atoms with Crippen molar-refractivity contribution in [1.29, 1.82) is 0 Å². The highest BCUT2D eigenvalue weighted by atomic mass is 35.5. The highest BCUT2D eigenvalue weighted by Gasteiger charge is 2.34. The van der Waals surface area contributed by atoms with Gasteiger partial charge in [-0.25, -0.2) is 0 Å². The van der Waals surface area contributed by atoms with Crippen LogP contribution < -0.4 is 4.90 Å². The van der Waals surface area contributed by atoms with E-state index in [4.69, 9.17) is 11.6 Å². The van der Waals surface area contributed by atoms with E-state index in [0.717, 1.165) is 11.3 Å². The van der Waals surface area contributed by atoms with Crippen LogP contribution in [0.25, 0.3) is 0 Å². The molecule has 1 heterocycles. The Hall–Kier alpha value is -1.35. The molecule has 1 amide bonds. The Balaban J connectivity index is 2.23. The zero-order chi connectivity index (χ0) is 11.7. The number of rotatable bonds is 2. The van der Waals surface area contributed by atoms with Gasteiger partial charge in [-0.2, -0.15) is 0 Å². The van der Waals surface area contributed by atoms with Gasteiger partial charge in [-0.15, -0.1) is 0 Å². The van der Waals surface area contributed by atoms with Crippen molar-refractivity contribution >= 4 is 28.4 Å². The minimum atomic E-state index is -0.427. The van der Waals surface area contributed by atoms with Crippen LogP contribution in [0, 0.1) is 12.8 Å². The van der Waals surface area contributed by atoms with E-state index in [1.165, 1.54) is 0 Å². The SMILES string of the molecule is Cc1cccc(N2C[C@H](C(=O)Cl)CC2=O)c1. The normalized spacial score (nSPS) is 20.2. The molecule has 1 atom stereocenters. The molecule has 0 spiro atoms. The van der Waals surface area contributed by atoms with Crippen molar-refractivity contribution < 1.29 is 9.59 Å². The molecule has 0 radical (unpaired) electrons. The topological polar surface area (TPSA) is 37.4 Å². The lowest BCUT2D eigenvalue weighted by Crippen LogP contribution is -2.25. The molecule has 1 aliphatic rings. The summed E-state index contributed by atoms with van der Waals surface area (Å²) in [6.07, 6.45) is 0.219. The number of hydrogen-bond donors (Lipinski definition) is 0. The van der Waals surface area contributed by atoms with Gasteiger partial charge in [0.1, 0.15) is 0 Å². The zero-order valence-electron chi connectivity index (χ0n) is 8.94. The van der Waals surface area contributed by atoms with Gasteiger partial charge in [-0.3, -0.25) is 9.59 Å². The van der Waals surface area contributed by atoms with Gasteiger partial charge >= 0.3 is 0 Å². The van der Waals surface area contributed by atoms with Gasteiger partial charge in [0.25, 0.3) is 0 Å². The number of amides is 1. The maximum atomic E-state index is 11.7. The second kappa shape index (κ2) is 4.26. The summed E-state index contributed by atoms with van der Waals surface area (Å²) in [5.41, 5.74) is 1.93. The van der Waals surface area contributed by atoms with Gasteiger partial charge in [0.15, 0.2) is 0 Å². The molecule has 2 rings (SSSR count). The molecule has 0 aromatic heterocycles. The molecule has 1 aromatic carbocycles. The fraction of sp³-hybridized carbons (Fsp3) is 0.333. The van der Waals surface area contributed by atoms with Crippen LogP contribution in [0.4, 0.5) is 5.69 Å². The van der Waals surface area contributed by atoms with Crippen molar-refractivity contribution in [2.24, 2.45) is 5.92 Å². The summed E-state index contributed by atoms with van der Waals surface area (Å²) < 4.78 is 0. The van der Waals surface area contributed by atoms with Gasteiger partial charge < -0.3 is 4.90 Å². The summed E-state index contributed by atoms with van der Waals surface area (Å²) in [7, 11) is 0. The monoisotopic (exact) mass is 237 g/mol. The molecular formula is C12H12ClNO2. The Morgan fingerprint density at radius 2 is 2.25 bits per heavy atom. The van der Waals surface area contributed by atoms with Crippen LogP contribution >= 0.6 is 11.6 Å². The molecule has 0 N–H and O–H groups in total. The van der Waals surface area contributed by atoms with Gasteiger partial charge in [-0.05, 0) is 36.2 Å². The number of aryl methyl sites for hydroxylation is 1. The Morgan fingerprint density at radius 3 is 2.81 bits per heavy atom. The van der Waals surface area contributed by atoms with E-state index >= 15 is 0 Å². The van der Waals surface area contributed by atoms with E-state index in [0.29, 0.717) is 6.54 Å². The molecule has 1 aliphatic heterocycles. The molecule has 3 nitrogen and oxygen atoms in total. The molecule has 1 aromatic rings. The van der Waals surface area contributed by atoms with Crippen molar-refractivity contribution in [2.75, 3.05) is 11.4 Å². The number of carbonyl (C=O) groups excluding carboxylic acids is 2. The van der Waals surface area contributed by atoms with E-state index in [1.54, 1.807) is 4.90 Å². The molecule has 16 heavy (non-hydrogen) atoms. The van der Waals surface area contributed by atoms with Crippen LogP contribution in [0.15, 0.2) is 24.3 Å². The minimum Gasteiger partial charge on any atom is -0.312 e. The summed E-state index contributed by atoms with van der Waals surface area (Å²) >= 11 is 5.42. The number of carbonyl (C=O) groups is 2. The van der Waals surface area contributed by atoms with Crippen LogP contribution in [0.2, 0.25) is 0 Å². The predicted octanol–water partition coefficient (Wildman–Crippen LogP) is 2.11. The van der Waals surface area contributed by atoms with Gasteiger partial charge in [0, 0.05) is 18.7 Å². The van der Waals surface area contributed by atoms with Crippen LogP contribution in [0.3, 0.4) is 0 Å². The maximum Gasteiger partial charge on any atom is 0.227 e. The quantitative estimate of drug-likeness (QED) is 0.739. The van der Waals surface area contributed by atoms with Crippen molar-refractivity contribution in [3.8, 4) is 0 Å². The first-order valence-electron chi connectivity index (χ1n) is 5.14. The second-order valence-electron chi connectivity index (χ2n) is 4.05. The van der Waals surface area contributed by atoms with Gasteiger partial charge in [-0.1, -0.05) is 12.1 Å². The van der Waals surface area contributed by atoms with Crippen LogP contribution in [0.1, 0.15) is 12.0 Å². The lowest BCUT2D eigenvalue weighted by Gasteiger charge is -2.16. The average molecular weight is 238 g/mol. The Bertz CT molecular complexity index is 444. The van der Waals surface area contributed by atoms with E-state index in [9.17, 15) is 9.59 Å². The average Bonchev–Trinajstić information content (AvgIpc) is 2.60. The lowest BCUT2D eigenvalue weighted by atomic mass is 10.1. The smallest absolute Gasteiger partial charge is 0.227 e. The molecule has 1 saturated heterocycles. The first-order chi connectivity index (χ1) is 7.58. The Kier molecular flexibility index (Phi) is 2.97. The first kappa shape index (κ1) is 11.1. The number of hydrogen-bond acceptors (Lipinski definition) is 2. The van der Waals surface area contributed by atoms with Crippen LogP contribution in [0.5, 0.6) is 0 Å². The largest absolute Gasteiger partial charge is 0.312 e. The van der Waals surface area contributed by atoms with Crippen molar-refractivity contribution in [2.45, 2.75) is 13.3 Å². The molecule has 84 valence electrons. The molecular weight excluding hydrogens is 226 g/mol. The van der Waals surface area contributed by atoms with Gasteiger partial charge in [0.2, 0.25) is 11.1 Å². The molecule has 0 saturated carbocycles. The van der Waals surface area contributed by atoms with E-state index in [2.05, 4.69) is 0 Å². The van der Waals surface area contributed by atoms with E-state index in [-0.39, 0.29) is 18.2 Å². The molecule has 1 fully saturated rings. The lowest BCUT2D eigenvalue weighted by molar-refractivity contribution is -0.120. The van der Waals surface area contributed by atoms with E-state index in [1.807, 2.05) is 31.2 Å². The fourth-order valence-electron chi connectivity index (χ4n) is 1.91. The summed E-state index contributed by atoms with van der Waals surface area (Å²) in [6.45, 7) is 2.36. The highest BCUT2D eigenvalue weighted by Crippen LogP contribution is 2.26. The third-order valence-corrected chi connectivity index (χ3v) is 3.07. The Morgan fingerprint density at radius 1 is 1.50 bits per heavy atom. The third-order valence-electron chi connectivity index (χ3n) is 2.76. The summed E-state index contributed by atoms with van der Waals surface area (Å²) in [4.78, 5) is 24.4. The van der Waals surface area contributed by atoms with Crippen molar-refractivity contribution in [1.82, 2.24) is 0 Å². The molecule has 0 aliphatic carbocycles. The minimum absolute atomic E-state index is 0.0374. The third kappa shape index (κ3) is 2.09. The van der Waals surface area contributed by atoms with E-state index < -0.39 is 5.24 Å². The first-order valence-corrected chi connectivity index (χ1v) is 5.52. The standard InChI is InChI=1S/C12H12ClNO2/c1-8-3-2-4-10(5-8)14-7-9(12(13)16)6-11(14)15/h2-5,9H,6-7H2,1H3/t9-/m1/s1. The fourth-order valence-corrected chi connectivity index (χ4v) is 2.05. The summed E-state index contributed by atoms with van der Waals surface area (Å²) in [6, 6.07) is 7.66.